The maximum Gasteiger partial charge on any atom is 0.348 e. The Labute approximate surface area is 232 Å². The lowest BCUT2D eigenvalue weighted by atomic mass is 9.90. The Morgan fingerprint density at radius 1 is 0.974 bits per heavy atom. The molecule has 0 aliphatic carbocycles. The van der Waals surface area contributed by atoms with Crippen LogP contribution in [0.1, 0.15) is 95.7 Å². The van der Waals surface area contributed by atoms with Crippen molar-refractivity contribution in [3.05, 3.63) is 45.1 Å². The first-order valence-electron chi connectivity index (χ1n) is 13.5. The molecule has 2 aromatic rings. The number of unbranched alkanes of at least 4 members (excludes halogenated alkanes) is 2. The van der Waals surface area contributed by atoms with Gasteiger partial charge in [0.15, 0.2) is 29.7 Å². The van der Waals surface area contributed by atoms with Crippen LogP contribution in [0.2, 0.25) is 0 Å². The zero-order chi connectivity index (χ0) is 28.4. The number of ketones is 2. The first kappa shape index (κ1) is 30.3. The average Bonchev–Trinajstić information content (AvgIpc) is 3.36. The van der Waals surface area contributed by atoms with Crippen LogP contribution in [0.15, 0.2) is 24.3 Å². The van der Waals surface area contributed by atoms with E-state index in [9.17, 15) is 24.3 Å². The molecule has 39 heavy (non-hydrogen) atoms. The molecule has 0 fully saturated rings. The van der Waals surface area contributed by atoms with E-state index in [-0.39, 0.29) is 54.3 Å². The number of hydrogen-bond donors (Lipinski definition) is 3. The number of benzene rings is 1. The summed E-state index contributed by atoms with van der Waals surface area (Å²) in [4.78, 5) is 51.2. The Morgan fingerprint density at radius 2 is 1.67 bits per heavy atom. The van der Waals surface area contributed by atoms with E-state index in [0.717, 1.165) is 37.9 Å². The third-order valence-corrected chi connectivity index (χ3v) is 8.05. The maximum atomic E-state index is 13.0. The van der Waals surface area contributed by atoms with Gasteiger partial charge in [0.2, 0.25) is 5.60 Å². The summed E-state index contributed by atoms with van der Waals surface area (Å²) >= 11 is 1.48. The number of Topliss-reactive ketones (excluding diaryl/α,β-unsaturated/α-hetero) is 2. The van der Waals surface area contributed by atoms with Crippen LogP contribution >= 0.6 is 11.3 Å². The van der Waals surface area contributed by atoms with Crippen LogP contribution in [0, 0.1) is 0 Å². The second-order valence-corrected chi connectivity index (χ2v) is 10.9. The second kappa shape index (κ2) is 14.2. The summed E-state index contributed by atoms with van der Waals surface area (Å²) in [5.74, 6) is -2.68. The number of aliphatic carboxylic acids is 2. The Balaban J connectivity index is 1.79. The molecule has 1 aliphatic rings. The molecule has 0 amide bonds. The minimum absolute atomic E-state index is 0.0216. The molecule has 9 nitrogen and oxygen atoms in total. The lowest BCUT2D eigenvalue weighted by molar-refractivity contribution is -0.157. The van der Waals surface area contributed by atoms with Gasteiger partial charge in [0, 0.05) is 36.4 Å². The fourth-order valence-corrected chi connectivity index (χ4v) is 5.67. The third-order valence-electron chi connectivity index (χ3n) is 6.78. The highest BCUT2D eigenvalue weighted by Crippen LogP contribution is 2.36. The molecular formula is C29H37NO8S. The van der Waals surface area contributed by atoms with Crippen LogP contribution in [0.4, 0.5) is 0 Å². The average molecular weight is 560 g/mol. The van der Waals surface area contributed by atoms with Gasteiger partial charge in [-0.25, -0.2) is 9.59 Å². The van der Waals surface area contributed by atoms with E-state index in [2.05, 4.69) is 5.32 Å². The summed E-state index contributed by atoms with van der Waals surface area (Å²) in [5, 5.41) is 22.5. The van der Waals surface area contributed by atoms with Crippen molar-refractivity contribution in [2.45, 2.75) is 83.8 Å². The summed E-state index contributed by atoms with van der Waals surface area (Å²) in [6, 6.07) is 6.21. The molecule has 0 unspecified atom stereocenters. The van der Waals surface area contributed by atoms with Crippen molar-refractivity contribution in [2.24, 2.45) is 0 Å². The van der Waals surface area contributed by atoms with E-state index in [1.165, 1.54) is 34.4 Å². The summed E-state index contributed by atoms with van der Waals surface area (Å²) in [6.45, 7) is 4.86. The molecule has 0 radical (unpaired) electrons. The lowest BCUT2D eigenvalue weighted by Crippen LogP contribution is -2.44. The Hall–Kier alpha value is -3.24. The topological polar surface area (TPSA) is 139 Å². The highest BCUT2D eigenvalue weighted by Gasteiger charge is 2.40. The molecule has 0 saturated heterocycles. The van der Waals surface area contributed by atoms with Crippen molar-refractivity contribution in [3.63, 3.8) is 0 Å². The molecule has 0 bridgehead atoms. The number of hydrogen-bond acceptors (Lipinski definition) is 8. The van der Waals surface area contributed by atoms with Gasteiger partial charge < -0.3 is 25.0 Å². The van der Waals surface area contributed by atoms with E-state index >= 15 is 0 Å². The third kappa shape index (κ3) is 8.12. The summed E-state index contributed by atoms with van der Waals surface area (Å²) in [5.41, 5.74) is -0.138. The molecule has 1 aromatic heterocycles. The number of fused-ring (bicyclic) bond motifs is 1. The number of carboxylic acid groups (broad SMARTS) is 2. The van der Waals surface area contributed by atoms with E-state index < -0.39 is 24.1 Å². The van der Waals surface area contributed by atoms with Crippen LogP contribution in [-0.2, 0) is 22.6 Å². The number of rotatable bonds is 17. The Kier molecular flexibility index (Phi) is 11.1. The van der Waals surface area contributed by atoms with Gasteiger partial charge in [-0.15, -0.1) is 11.3 Å². The molecule has 1 aromatic carbocycles. The van der Waals surface area contributed by atoms with Gasteiger partial charge in [-0.1, -0.05) is 26.7 Å². The van der Waals surface area contributed by atoms with Crippen molar-refractivity contribution in [1.82, 2.24) is 5.32 Å². The summed E-state index contributed by atoms with van der Waals surface area (Å²) in [7, 11) is 0. The van der Waals surface area contributed by atoms with Crippen LogP contribution in [-0.4, -0.2) is 52.5 Å². The first-order valence-corrected chi connectivity index (χ1v) is 14.3. The van der Waals surface area contributed by atoms with E-state index in [0.29, 0.717) is 17.7 Å². The first-order chi connectivity index (χ1) is 18.7. The van der Waals surface area contributed by atoms with Crippen LogP contribution in [0.25, 0.3) is 0 Å². The zero-order valence-corrected chi connectivity index (χ0v) is 23.4. The van der Waals surface area contributed by atoms with Crippen molar-refractivity contribution in [3.8, 4) is 11.5 Å². The molecule has 2 heterocycles. The van der Waals surface area contributed by atoms with Crippen LogP contribution < -0.4 is 14.8 Å². The van der Waals surface area contributed by atoms with Crippen molar-refractivity contribution in [2.75, 3.05) is 13.2 Å². The van der Waals surface area contributed by atoms with Crippen LogP contribution in [0.5, 0.6) is 11.5 Å². The van der Waals surface area contributed by atoms with Gasteiger partial charge >= 0.3 is 11.9 Å². The zero-order valence-electron chi connectivity index (χ0n) is 22.5. The van der Waals surface area contributed by atoms with E-state index in [4.69, 9.17) is 14.6 Å². The number of ether oxygens (including phenoxy) is 2. The molecule has 0 atom stereocenters. The van der Waals surface area contributed by atoms with Gasteiger partial charge in [0.1, 0.15) is 0 Å². The van der Waals surface area contributed by atoms with Crippen molar-refractivity contribution in [1.29, 1.82) is 0 Å². The number of nitrogens with one attached hydrogen (secondary N) is 1. The monoisotopic (exact) mass is 559 g/mol. The summed E-state index contributed by atoms with van der Waals surface area (Å²) < 4.78 is 11.5. The smallest absolute Gasteiger partial charge is 0.348 e. The van der Waals surface area contributed by atoms with Gasteiger partial charge in [0.05, 0.1) is 4.88 Å². The maximum absolute atomic E-state index is 13.0. The number of carbonyl (C=O) groups is 4. The highest BCUT2D eigenvalue weighted by molar-refractivity contribution is 7.14. The van der Waals surface area contributed by atoms with Gasteiger partial charge in [-0.05, 0) is 61.9 Å². The number of carboxylic acids is 2. The SMILES string of the molecule is CCCCC(CCCC)(Oc1ccc(C(=O)CCC(=O)c2cc3c(s2)CCNC3)cc1OCC(=O)O)C(=O)O. The minimum atomic E-state index is -1.50. The van der Waals surface area contributed by atoms with Crippen LogP contribution in [0.3, 0.4) is 0 Å². The minimum Gasteiger partial charge on any atom is -0.479 e. The summed E-state index contributed by atoms with van der Waals surface area (Å²) in [6.07, 6.45) is 4.30. The number of thiophene rings is 1. The Morgan fingerprint density at radius 3 is 2.28 bits per heavy atom. The van der Waals surface area contributed by atoms with Crippen molar-refractivity contribution >= 4 is 34.8 Å². The molecular weight excluding hydrogens is 522 g/mol. The van der Waals surface area contributed by atoms with Gasteiger partial charge in [-0.2, -0.15) is 0 Å². The van der Waals surface area contributed by atoms with Crippen molar-refractivity contribution < 1.29 is 38.9 Å². The lowest BCUT2D eigenvalue weighted by Gasteiger charge is -2.31. The molecule has 1 aliphatic heterocycles. The van der Waals surface area contributed by atoms with Gasteiger partial charge in [-0.3, -0.25) is 9.59 Å². The van der Waals surface area contributed by atoms with Gasteiger partial charge in [0.25, 0.3) is 0 Å². The molecule has 3 rings (SSSR count). The second-order valence-electron chi connectivity index (χ2n) is 9.78. The highest BCUT2D eigenvalue weighted by atomic mass is 32.1. The predicted octanol–water partition coefficient (Wildman–Crippen LogP) is 5.29. The molecule has 10 heteroatoms. The quantitative estimate of drug-likeness (QED) is 0.221. The molecule has 3 N–H and O–H groups in total. The fourth-order valence-electron chi connectivity index (χ4n) is 4.52. The molecule has 212 valence electrons. The normalized spacial score (nSPS) is 13.0. The molecule has 0 saturated carbocycles. The van der Waals surface area contributed by atoms with E-state index in [1.54, 1.807) is 0 Å². The standard InChI is InChI=1S/C29H37NO8S/c1-3-5-12-29(28(35)36,13-6-4-2)38-23-10-7-19(15-24(23)37-18-27(33)34)21(31)8-9-22(32)26-16-20-17-30-14-11-25(20)39-26/h7,10,15-16,30H,3-6,8-9,11-14,17-18H2,1-2H3,(H,33,34)(H,35,36). The fraction of sp³-hybridized carbons (Fsp3) is 0.517. The number of carbonyl (C=O) groups excluding carboxylic acids is 2. The molecule has 0 spiro atoms. The Bertz CT molecular complexity index is 1160. The predicted molar refractivity (Wildman–Crippen MR) is 147 cm³/mol. The largest absolute Gasteiger partial charge is 0.479 e. The van der Waals surface area contributed by atoms with E-state index in [1.807, 2.05) is 19.9 Å².